The van der Waals surface area contributed by atoms with Crippen LogP contribution in [0.3, 0.4) is 0 Å². The van der Waals surface area contributed by atoms with Gasteiger partial charge in [0.25, 0.3) is 0 Å². The number of hydrogen-bond donors (Lipinski definition) is 2. The molecular formula is C29H35N7O2S. The SMILES string of the molecule is CN1CCN(c2ccc(Nc3nc(-c4cc5c(s4)CCN(C(=O)OC(C)(C)C)C5)c4cc[nH]c4n3)cc2)CC1. The maximum Gasteiger partial charge on any atom is 0.410 e. The first-order valence-electron chi connectivity index (χ1n) is 13.5. The lowest BCUT2D eigenvalue weighted by molar-refractivity contribution is 0.0225. The van der Waals surface area contributed by atoms with Gasteiger partial charge in [-0.25, -0.2) is 9.78 Å². The van der Waals surface area contributed by atoms with Crippen molar-refractivity contribution in [2.45, 2.75) is 39.3 Å². The third-order valence-corrected chi connectivity index (χ3v) is 8.40. The molecule has 1 aromatic carbocycles. The van der Waals surface area contributed by atoms with E-state index in [4.69, 9.17) is 14.7 Å². The zero-order valence-electron chi connectivity index (χ0n) is 23.0. The number of anilines is 3. The van der Waals surface area contributed by atoms with Crippen LogP contribution >= 0.6 is 11.3 Å². The standard InChI is InChI=1S/C29H35N7O2S/c1-29(2,3)38-28(37)36-12-10-23-19(18-36)17-24(39-23)25-22-9-11-30-26(22)33-27(32-25)31-20-5-7-21(8-6-20)35-15-13-34(4)14-16-35/h5-9,11,17H,10,12-16,18H2,1-4H3,(H2,30,31,32,33). The number of fused-ring (bicyclic) bond motifs is 2. The Morgan fingerprint density at radius 2 is 1.82 bits per heavy atom. The molecule has 9 nitrogen and oxygen atoms in total. The predicted molar refractivity (Wildman–Crippen MR) is 157 cm³/mol. The molecule has 0 spiro atoms. The molecule has 0 unspecified atom stereocenters. The second-order valence-corrected chi connectivity index (χ2v) is 12.4. The van der Waals surface area contributed by atoms with Gasteiger partial charge in [0.1, 0.15) is 11.2 Å². The smallest absolute Gasteiger partial charge is 0.410 e. The summed E-state index contributed by atoms with van der Waals surface area (Å²) < 4.78 is 5.60. The molecule has 0 saturated carbocycles. The van der Waals surface area contributed by atoms with Gasteiger partial charge in [-0.15, -0.1) is 11.3 Å². The van der Waals surface area contributed by atoms with Gasteiger partial charge in [-0.3, -0.25) is 0 Å². The highest BCUT2D eigenvalue weighted by Gasteiger charge is 2.28. The number of rotatable bonds is 4. The first kappa shape index (κ1) is 25.6. The third-order valence-electron chi connectivity index (χ3n) is 7.16. The fourth-order valence-electron chi connectivity index (χ4n) is 5.07. The molecule has 0 bridgehead atoms. The van der Waals surface area contributed by atoms with Crippen molar-refractivity contribution in [3.8, 4) is 10.6 Å². The van der Waals surface area contributed by atoms with Crippen molar-refractivity contribution in [3.63, 3.8) is 0 Å². The number of H-pyrrole nitrogens is 1. The lowest BCUT2D eigenvalue weighted by Crippen LogP contribution is -2.44. The summed E-state index contributed by atoms with van der Waals surface area (Å²) in [7, 11) is 2.17. The Morgan fingerprint density at radius 3 is 2.56 bits per heavy atom. The van der Waals surface area contributed by atoms with Crippen LogP contribution < -0.4 is 10.2 Å². The normalized spacial score (nSPS) is 16.4. The van der Waals surface area contributed by atoms with E-state index in [1.165, 1.54) is 10.6 Å². The molecule has 4 aromatic rings. The van der Waals surface area contributed by atoms with Gasteiger partial charge in [0.15, 0.2) is 0 Å². The van der Waals surface area contributed by atoms with Crippen molar-refractivity contribution in [2.75, 3.05) is 50.0 Å². The zero-order chi connectivity index (χ0) is 27.1. The number of piperazine rings is 1. The Balaban J connectivity index is 1.22. The van der Waals surface area contributed by atoms with Crippen LogP contribution in [-0.2, 0) is 17.7 Å². The van der Waals surface area contributed by atoms with E-state index in [-0.39, 0.29) is 6.09 Å². The minimum absolute atomic E-state index is 0.263. The molecule has 0 aliphatic carbocycles. The molecule has 6 rings (SSSR count). The molecule has 204 valence electrons. The molecule has 1 amide bonds. The number of nitrogens with zero attached hydrogens (tertiary/aromatic N) is 5. The fourth-order valence-corrected chi connectivity index (χ4v) is 6.23. The van der Waals surface area contributed by atoms with E-state index in [2.05, 4.69) is 57.5 Å². The highest BCUT2D eigenvalue weighted by Crippen LogP contribution is 2.37. The number of nitrogens with one attached hydrogen (secondary N) is 2. The summed E-state index contributed by atoms with van der Waals surface area (Å²) in [6.45, 7) is 11.1. The van der Waals surface area contributed by atoms with Gasteiger partial charge in [0.2, 0.25) is 5.95 Å². The maximum atomic E-state index is 12.7. The molecule has 1 fully saturated rings. The molecule has 39 heavy (non-hydrogen) atoms. The Bertz CT molecular complexity index is 1480. The van der Waals surface area contributed by atoms with Gasteiger partial charge < -0.3 is 29.7 Å². The Kier molecular flexibility index (Phi) is 6.68. The summed E-state index contributed by atoms with van der Waals surface area (Å²) in [4.78, 5) is 34.5. The lowest BCUT2D eigenvalue weighted by atomic mass is 10.1. The fraction of sp³-hybridized carbons (Fsp3) is 0.414. The Labute approximate surface area is 232 Å². The van der Waals surface area contributed by atoms with Crippen molar-refractivity contribution in [1.82, 2.24) is 24.8 Å². The minimum Gasteiger partial charge on any atom is -0.444 e. The molecular weight excluding hydrogens is 510 g/mol. The second kappa shape index (κ2) is 10.2. The molecule has 1 saturated heterocycles. The summed E-state index contributed by atoms with van der Waals surface area (Å²) in [5.74, 6) is 0.550. The number of aromatic amines is 1. The number of carbonyl (C=O) groups excluding carboxylic acids is 1. The largest absolute Gasteiger partial charge is 0.444 e. The van der Waals surface area contributed by atoms with Gasteiger partial charge in [-0.05, 0) is 76.2 Å². The highest BCUT2D eigenvalue weighted by atomic mass is 32.1. The lowest BCUT2D eigenvalue weighted by Gasteiger charge is -2.34. The van der Waals surface area contributed by atoms with Crippen molar-refractivity contribution >= 4 is 45.8 Å². The van der Waals surface area contributed by atoms with Crippen molar-refractivity contribution < 1.29 is 9.53 Å². The van der Waals surface area contributed by atoms with Crippen LogP contribution in [0.25, 0.3) is 21.6 Å². The van der Waals surface area contributed by atoms with Crippen LogP contribution in [0.5, 0.6) is 0 Å². The van der Waals surface area contributed by atoms with E-state index in [1.807, 2.05) is 33.0 Å². The van der Waals surface area contributed by atoms with Crippen LogP contribution in [0.4, 0.5) is 22.1 Å². The molecule has 2 N–H and O–H groups in total. The van der Waals surface area contributed by atoms with Gasteiger partial charge in [-0.2, -0.15) is 4.98 Å². The van der Waals surface area contributed by atoms with E-state index >= 15 is 0 Å². The van der Waals surface area contributed by atoms with Gasteiger partial charge in [0, 0.05) is 60.6 Å². The average molecular weight is 546 g/mol. The molecule has 2 aliphatic rings. The summed E-state index contributed by atoms with van der Waals surface area (Å²) in [6.07, 6.45) is 2.45. The number of likely N-dealkylation sites (N-methyl/N-ethyl adjacent to an activating group) is 1. The molecule has 2 aliphatic heterocycles. The summed E-state index contributed by atoms with van der Waals surface area (Å²) in [5.41, 5.74) is 4.51. The highest BCUT2D eigenvalue weighted by molar-refractivity contribution is 7.15. The predicted octanol–water partition coefficient (Wildman–Crippen LogP) is 5.48. The number of carbonyl (C=O) groups is 1. The Morgan fingerprint density at radius 1 is 1.05 bits per heavy atom. The zero-order valence-corrected chi connectivity index (χ0v) is 23.8. The van der Waals surface area contributed by atoms with E-state index in [9.17, 15) is 4.79 Å². The number of ether oxygens (including phenoxy) is 1. The number of benzene rings is 1. The van der Waals surface area contributed by atoms with Crippen LogP contribution in [0.15, 0.2) is 42.6 Å². The van der Waals surface area contributed by atoms with Crippen molar-refractivity contribution in [2.24, 2.45) is 0 Å². The second-order valence-electron chi connectivity index (χ2n) is 11.3. The molecule has 0 atom stereocenters. The number of amides is 1. The summed E-state index contributed by atoms with van der Waals surface area (Å²) in [5, 5.41) is 4.39. The van der Waals surface area contributed by atoms with Gasteiger partial charge in [-0.1, -0.05) is 0 Å². The van der Waals surface area contributed by atoms with E-state index in [1.54, 1.807) is 16.2 Å². The molecule has 0 radical (unpaired) electrons. The summed E-state index contributed by atoms with van der Waals surface area (Å²) >= 11 is 1.75. The van der Waals surface area contributed by atoms with Crippen molar-refractivity contribution in [3.05, 3.63) is 53.0 Å². The number of aromatic nitrogens is 3. The molecule has 5 heterocycles. The first-order chi connectivity index (χ1) is 18.7. The summed E-state index contributed by atoms with van der Waals surface area (Å²) in [6, 6.07) is 12.7. The van der Waals surface area contributed by atoms with E-state index < -0.39 is 5.60 Å². The van der Waals surface area contributed by atoms with Crippen LogP contribution in [-0.4, -0.2) is 76.2 Å². The van der Waals surface area contributed by atoms with Crippen LogP contribution in [0.2, 0.25) is 0 Å². The average Bonchev–Trinajstić information content (AvgIpc) is 3.55. The van der Waals surface area contributed by atoms with Crippen molar-refractivity contribution in [1.29, 1.82) is 0 Å². The van der Waals surface area contributed by atoms with Gasteiger partial charge in [0.05, 0.1) is 17.1 Å². The van der Waals surface area contributed by atoms with E-state index in [0.717, 1.165) is 65.5 Å². The van der Waals surface area contributed by atoms with Gasteiger partial charge >= 0.3 is 6.09 Å². The van der Waals surface area contributed by atoms with E-state index in [0.29, 0.717) is 19.0 Å². The number of hydrogen-bond acceptors (Lipinski definition) is 8. The monoisotopic (exact) mass is 545 g/mol. The third kappa shape index (κ3) is 5.58. The molecule has 3 aromatic heterocycles. The number of thiophene rings is 1. The first-order valence-corrected chi connectivity index (χ1v) is 14.3. The quantitative estimate of drug-likeness (QED) is 0.351. The minimum atomic E-state index is -0.508. The van der Waals surface area contributed by atoms with Crippen LogP contribution in [0.1, 0.15) is 31.2 Å². The molecule has 10 heteroatoms. The topological polar surface area (TPSA) is 89.6 Å². The Hall–Kier alpha value is -3.63. The maximum absolute atomic E-state index is 12.7. The van der Waals surface area contributed by atoms with Crippen LogP contribution in [0, 0.1) is 0 Å².